The van der Waals surface area contributed by atoms with Gasteiger partial charge in [0.25, 0.3) is 11.8 Å². The molecule has 2 N–H and O–H groups in total. The lowest BCUT2D eigenvalue weighted by Crippen LogP contribution is -2.43. The Bertz CT molecular complexity index is 833. The molecule has 2 aromatic rings. The molecule has 0 aliphatic heterocycles. The van der Waals surface area contributed by atoms with E-state index in [0.29, 0.717) is 33.2 Å². The van der Waals surface area contributed by atoms with E-state index in [4.69, 9.17) is 21.1 Å². The van der Waals surface area contributed by atoms with Gasteiger partial charge in [-0.3, -0.25) is 20.4 Å². The highest BCUT2D eigenvalue weighted by Gasteiger charge is 2.11. The third kappa shape index (κ3) is 6.71. The Hall–Kier alpha value is -1.77. The van der Waals surface area contributed by atoms with Gasteiger partial charge in [-0.1, -0.05) is 34.5 Å². The molecule has 0 fully saturated rings. The van der Waals surface area contributed by atoms with E-state index < -0.39 is 11.8 Å². The number of nitrogens with one attached hydrogen (secondary N) is 2. The van der Waals surface area contributed by atoms with Crippen molar-refractivity contribution in [3.8, 4) is 11.5 Å². The largest absolute Gasteiger partial charge is 0.492 e. The first-order valence-electron chi connectivity index (χ1n) is 8.00. The summed E-state index contributed by atoms with van der Waals surface area (Å²) in [6.45, 7) is 2.30. The van der Waals surface area contributed by atoms with E-state index >= 15 is 0 Å². The Morgan fingerprint density at radius 2 is 1.78 bits per heavy atom. The van der Waals surface area contributed by atoms with Gasteiger partial charge in [-0.25, -0.2) is 0 Å². The highest BCUT2D eigenvalue weighted by Crippen LogP contribution is 2.28. The van der Waals surface area contributed by atoms with Crippen LogP contribution >= 0.6 is 43.5 Å². The predicted octanol–water partition coefficient (Wildman–Crippen LogP) is 4.49. The molecule has 2 aromatic carbocycles. The summed E-state index contributed by atoms with van der Waals surface area (Å²) < 4.78 is 12.3. The average molecular weight is 521 g/mol. The summed E-state index contributed by atoms with van der Waals surface area (Å²) in [6, 6.07) is 9.95. The number of ether oxygens (including phenoxy) is 2. The van der Waals surface area contributed by atoms with Gasteiger partial charge in [-0.05, 0) is 58.7 Å². The summed E-state index contributed by atoms with van der Waals surface area (Å²) >= 11 is 12.7. The summed E-state index contributed by atoms with van der Waals surface area (Å²) in [5, 5.41) is 0.372. The first kappa shape index (κ1) is 21.5. The number of hydrogen-bond acceptors (Lipinski definition) is 4. The van der Waals surface area contributed by atoms with Crippen LogP contribution in [0.3, 0.4) is 0 Å². The summed E-state index contributed by atoms with van der Waals surface area (Å²) in [5.41, 5.74) is 4.98. The van der Waals surface area contributed by atoms with Gasteiger partial charge in [0.05, 0.1) is 16.1 Å². The van der Waals surface area contributed by atoms with Crippen molar-refractivity contribution in [3.05, 3.63) is 55.9 Å². The fourth-order valence-electron chi connectivity index (χ4n) is 1.94. The number of carbonyl (C=O) groups is 2. The molecule has 0 saturated carbocycles. The van der Waals surface area contributed by atoms with E-state index in [2.05, 4.69) is 42.7 Å². The second kappa shape index (κ2) is 10.5. The van der Waals surface area contributed by atoms with E-state index in [1.54, 1.807) is 36.4 Å². The topological polar surface area (TPSA) is 76.7 Å². The maximum atomic E-state index is 12.1. The van der Waals surface area contributed by atoms with Crippen molar-refractivity contribution in [2.75, 3.05) is 13.2 Å². The molecule has 0 aromatic heterocycles. The number of amides is 2. The molecule has 0 aliphatic rings. The molecule has 0 aliphatic carbocycles. The third-order valence-corrected chi connectivity index (χ3v) is 4.63. The molecule has 9 heteroatoms. The normalized spacial score (nSPS) is 10.2. The zero-order valence-electron chi connectivity index (χ0n) is 14.4. The van der Waals surface area contributed by atoms with Gasteiger partial charge in [0, 0.05) is 10.0 Å². The molecular weight excluding hydrogens is 503 g/mol. The first-order valence-corrected chi connectivity index (χ1v) is 9.96. The van der Waals surface area contributed by atoms with E-state index in [0.717, 1.165) is 10.9 Å². The first-order chi connectivity index (χ1) is 12.9. The van der Waals surface area contributed by atoms with Gasteiger partial charge >= 0.3 is 0 Å². The Morgan fingerprint density at radius 3 is 2.44 bits per heavy atom. The number of hydrogen-bond donors (Lipinski definition) is 2. The summed E-state index contributed by atoms with van der Waals surface area (Å²) in [6.07, 6.45) is 0.883. The molecule has 2 amide bonds. The molecule has 0 heterocycles. The Balaban J connectivity index is 1.83. The maximum Gasteiger partial charge on any atom is 0.276 e. The third-order valence-electron chi connectivity index (χ3n) is 3.22. The van der Waals surface area contributed by atoms with Crippen LogP contribution in [0.15, 0.2) is 45.3 Å². The SMILES string of the molecule is CCCOc1ccc(C(=O)NNC(=O)COc2ccc(Br)cc2Cl)cc1Br. The van der Waals surface area contributed by atoms with E-state index in [-0.39, 0.29) is 6.61 Å². The van der Waals surface area contributed by atoms with Gasteiger partial charge in [-0.2, -0.15) is 0 Å². The molecular formula is C18H17Br2ClN2O4. The lowest BCUT2D eigenvalue weighted by molar-refractivity contribution is -0.123. The zero-order valence-corrected chi connectivity index (χ0v) is 18.3. The summed E-state index contributed by atoms with van der Waals surface area (Å²) in [5.74, 6) is 0.0298. The van der Waals surface area contributed by atoms with Gasteiger partial charge < -0.3 is 9.47 Å². The summed E-state index contributed by atoms with van der Waals surface area (Å²) in [4.78, 5) is 24.0. The minimum Gasteiger partial charge on any atom is -0.492 e. The Kier molecular flexibility index (Phi) is 8.40. The predicted molar refractivity (Wildman–Crippen MR) is 110 cm³/mol. The van der Waals surface area contributed by atoms with Crippen LogP contribution in [-0.2, 0) is 4.79 Å². The second-order valence-corrected chi connectivity index (χ2v) is 7.54. The highest BCUT2D eigenvalue weighted by atomic mass is 79.9. The van der Waals surface area contributed by atoms with Gasteiger partial charge in [0.1, 0.15) is 11.5 Å². The highest BCUT2D eigenvalue weighted by molar-refractivity contribution is 9.10. The standard InChI is InChI=1S/C18H17Br2ClN2O4/c1-2-7-26-15-5-3-11(8-13(15)20)18(25)23-22-17(24)10-27-16-6-4-12(19)9-14(16)21/h3-6,8-9H,2,7,10H2,1H3,(H,22,24)(H,23,25). The Labute approximate surface area is 178 Å². The second-order valence-electron chi connectivity index (χ2n) is 5.36. The van der Waals surface area contributed by atoms with Crippen molar-refractivity contribution in [2.45, 2.75) is 13.3 Å². The molecule has 144 valence electrons. The van der Waals surface area contributed by atoms with Gasteiger partial charge in [0.15, 0.2) is 6.61 Å². The molecule has 0 radical (unpaired) electrons. The van der Waals surface area contributed by atoms with Gasteiger partial charge in [-0.15, -0.1) is 0 Å². The number of carbonyl (C=O) groups excluding carboxylic acids is 2. The smallest absolute Gasteiger partial charge is 0.276 e. The molecule has 0 saturated heterocycles. The molecule has 27 heavy (non-hydrogen) atoms. The van der Waals surface area contributed by atoms with Crippen molar-refractivity contribution in [2.24, 2.45) is 0 Å². The van der Waals surface area contributed by atoms with Crippen molar-refractivity contribution >= 4 is 55.3 Å². The summed E-state index contributed by atoms with van der Waals surface area (Å²) in [7, 11) is 0. The van der Waals surface area contributed by atoms with Crippen LogP contribution in [-0.4, -0.2) is 25.0 Å². The monoisotopic (exact) mass is 518 g/mol. The van der Waals surface area contributed by atoms with Crippen molar-refractivity contribution in [1.82, 2.24) is 10.9 Å². The quantitative estimate of drug-likeness (QED) is 0.528. The van der Waals surface area contributed by atoms with E-state index in [1.807, 2.05) is 6.92 Å². The minimum absolute atomic E-state index is 0.297. The fourth-order valence-corrected chi connectivity index (χ4v) is 3.16. The van der Waals surface area contributed by atoms with Crippen molar-refractivity contribution in [1.29, 1.82) is 0 Å². The Morgan fingerprint density at radius 1 is 1.04 bits per heavy atom. The molecule has 0 unspecified atom stereocenters. The van der Waals surface area contributed by atoms with Crippen LogP contribution in [0.5, 0.6) is 11.5 Å². The molecule has 0 bridgehead atoms. The minimum atomic E-state index is -0.524. The average Bonchev–Trinajstić information content (AvgIpc) is 2.64. The number of rotatable bonds is 7. The molecule has 6 nitrogen and oxygen atoms in total. The maximum absolute atomic E-state index is 12.1. The van der Waals surface area contributed by atoms with E-state index in [1.165, 1.54) is 0 Å². The van der Waals surface area contributed by atoms with Crippen LogP contribution in [0, 0.1) is 0 Å². The van der Waals surface area contributed by atoms with Gasteiger partial charge in [0.2, 0.25) is 0 Å². The lowest BCUT2D eigenvalue weighted by atomic mass is 10.2. The molecule has 0 atom stereocenters. The van der Waals surface area contributed by atoms with Crippen LogP contribution in [0.25, 0.3) is 0 Å². The zero-order chi connectivity index (χ0) is 19.8. The van der Waals surface area contributed by atoms with Crippen LogP contribution in [0.1, 0.15) is 23.7 Å². The fraction of sp³-hybridized carbons (Fsp3) is 0.222. The number of hydrazine groups is 1. The molecule has 2 rings (SSSR count). The van der Waals surface area contributed by atoms with Crippen molar-refractivity contribution < 1.29 is 19.1 Å². The van der Waals surface area contributed by atoms with E-state index in [9.17, 15) is 9.59 Å². The van der Waals surface area contributed by atoms with Crippen LogP contribution < -0.4 is 20.3 Å². The molecule has 0 spiro atoms. The van der Waals surface area contributed by atoms with Crippen LogP contribution in [0.2, 0.25) is 5.02 Å². The number of benzene rings is 2. The lowest BCUT2D eigenvalue weighted by Gasteiger charge is -2.11. The van der Waals surface area contributed by atoms with Crippen LogP contribution in [0.4, 0.5) is 0 Å². The number of halogens is 3. The van der Waals surface area contributed by atoms with Crippen molar-refractivity contribution in [3.63, 3.8) is 0 Å².